The topological polar surface area (TPSA) is 78.4 Å². The number of amides is 1. The number of hydrogen-bond donors (Lipinski definition) is 2. The first-order valence-corrected chi connectivity index (χ1v) is 7.10. The van der Waals surface area contributed by atoms with Gasteiger partial charge in [0, 0.05) is 25.0 Å². The number of aliphatic hydroxyl groups excluding tert-OH is 1. The summed E-state index contributed by atoms with van der Waals surface area (Å²) in [5.74, 6) is 0.594. The molecule has 2 N–H and O–H groups in total. The van der Waals surface area contributed by atoms with Gasteiger partial charge in [-0.1, -0.05) is 0 Å². The van der Waals surface area contributed by atoms with Crippen molar-refractivity contribution in [3.63, 3.8) is 0 Å². The van der Waals surface area contributed by atoms with Gasteiger partial charge in [-0.25, -0.2) is 9.97 Å². The molecule has 1 aliphatic rings. The molecule has 1 aromatic heterocycles. The number of carbonyl (C=O) groups excluding carboxylic acids is 1. The maximum Gasteiger partial charge on any atom is 0.243 e. The predicted octanol–water partition coefficient (Wildman–Crippen LogP) is 0.721. The number of aromatic nitrogens is 2. The number of anilines is 1. The molecule has 0 spiro atoms. The van der Waals surface area contributed by atoms with Gasteiger partial charge in [0.1, 0.15) is 6.04 Å². The molecule has 1 amide bonds. The first-order chi connectivity index (χ1) is 9.58. The van der Waals surface area contributed by atoms with E-state index in [1.165, 1.54) is 0 Å². The van der Waals surface area contributed by atoms with E-state index in [1.54, 1.807) is 25.4 Å². The zero-order chi connectivity index (χ0) is 14.5. The smallest absolute Gasteiger partial charge is 0.243 e. The van der Waals surface area contributed by atoms with Crippen molar-refractivity contribution < 1.29 is 9.90 Å². The van der Waals surface area contributed by atoms with E-state index in [4.69, 9.17) is 0 Å². The highest BCUT2D eigenvalue weighted by molar-refractivity contribution is 5.85. The fourth-order valence-electron chi connectivity index (χ4n) is 2.63. The number of nitrogens with one attached hydrogen (secondary N) is 1. The monoisotopic (exact) mass is 278 g/mol. The average Bonchev–Trinajstić information content (AvgIpc) is 2.87. The van der Waals surface area contributed by atoms with Crippen LogP contribution in [-0.4, -0.2) is 45.7 Å². The second kappa shape index (κ2) is 6.65. The fraction of sp³-hybridized carbons (Fsp3) is 0.643. The van der Waals surface area contributed by atoms with Crippen LogP contribution in [0.15, 0.2) is 18.5 Å². The van der Waals surface area contributed by atoms with Gasteiger partial charge in [-0.2, -0.15) is 0 Å². The van der Waals surface area contributed by atoms with E-state index in [2.05, 4.69) is 15.3 Å². The summed E-state index contributed by atoms with van der Waals surface area (Å²) >= 11 is 0. The minimum atomic E-state index is -0.414. The maximum atomic E-state index is 12.3. The summed E-state index contributed by atoms with van der Waals surface area (Å²) in [7, 11) is 0. The van der Waals surface area contributed by atoms with E-state index in [-0.39, 0.29) is 18.0 Å². The van der Waals surface area contributed by atoms with E-state index in [1.807, 2.05) is 11.8 Å². The summed E-state index contributed by atoms with van der Waals surface area (Å²) in [6.07, 6.45) is 5.28. The summed E-state index contributed by atoms with van der Waals surface area (Å²) in [6.45, 7) is 4.43. The van der Waals surface area contributed by atoms with Crippen molar-refractivity contribution in [3.05, 3.63) is 18.5 Å². The maximum absolute atomic E-state index is 12.3. The van der Waals surface area contributed by atoms with Crippen molar-refractivity contribution >= 4 is 11.9 Å². The van der Waals surface area contributed by atoms with Crippen LogP contribution in [0.5, 0.6) is 0 Å². The molecule has 6 heteroatoms. The molecular formula is C14H22N4O2. The van der Waals surface area contributed by atoms with E-state index >= 15 is 0 Å². The highest BCUT2D eigenvalue weighted by atomic mass is 16.3. The van der Waals surface area contributed by atoms with Gasteiger partial charge in [0.05, 0.1) is 6.10 Å². The van der Waals surface area contributed by atoms with Crippen molar-refractivity contribution in [2.75, 3.05) is 11.4 Å². The van der Waals surface area contributed by atoms with Crippen LogP contribution >= 0.6 is 0 Å². The first-order valence-electron chi connectivity index (χ1n) is 7.10. The Kier molecular flexibility index (Phi) is 4.89. The lowest BCUT2D eigenvalue weighted by Crippen LogP contribution is -2.47. The lowest BCUT2D eigenvalue weighted by Gasteiger charge is -2.25. The molecule has 0 bridgehead atoms. The summed E-state index contributed by atoms with van der Waals surface area (Å²) < 4.78 is 0. The van der Waals surface area contributed by atoms with Crippen LogP contribution < -0.4 is 10.2 Å². The van der Waals surface area contributed by atoms with Crippen LogP contribution in [0, 0.1) is 0 Å². The lowest BCUT2D eigenvalue weighted by molar-refractivity contribution is -0.122. The van der Waals surface area contributed by atoms with Crippen molar-refractivity contribution in [3.8, 4) is 0 Å². The average molecular weight is 278 g/mol. The molecule has 2 heterocycles. The van der Waals surface area contributed by atoms with E-state index in [0.717, 1.165) is 19.4 Å². The quantitative estimate of drug-likeness (QED) is 0.830. The van der Waals surface area contributed by atoms with Crippen molar-refractivity contribution in [1.82, 2.24) is 15.3 Å². The predicted molar refractivity (Wildman–Crippen MR) is 76.3 cm³/mol. The summed E-state index contributed by atoms with van der Waals surface area (Å²) in [5, 5.41) is 12.3. The van der Waals surface area contributed by atoms with Gasteiger partial charge >= 0.3 is 0 Å². The van der Waals surface area contributed by atoms with Crippen LogP contribution in [-0.2, 0) is 4.79 Å². The van der Waals surface area contributed by atoms with Crippen LogP contribution in [0.1, 0.15) is 33.1 Å². The number of aliphatic hydroxyl groups is 1. The number of rotatable bonds is 5. The van der Waals surface area contributed by atoms with Crippen LogP contribution in [0.4, 0.5) is 5.95 Å². The molecule has 0 aliphatic carbocycles. The Balaban J connectivity index is 1.98. The van der Waals surface area contributed by atoms with E-state index in [0.29, 0.717) is 12.4 Å². The highest BCUT2D eigenvalue weighted by Crippen LogP contribution is 2.22. The highest BCUT2D eigenvalue weighted by Gasteiger charge is 2.32. The molecule has 2 rings (SSSR count). The van der Waals surface area contributed by atoms with E-state index in [9.17, 15) is 9.90 Å². The zero-order valence-electron chi connectivity index (χ0n) is 12.0. The van der Waals surface area contributed by atoms with Gasteiger partial charge in [0.25, 0.3) is 0 Å². The molecule has 20 heavy (non-hydrogen) atoms. The Morgan fingerprint density at radius 2 is 2.20 bits per heavy atom. The fourth-order valence-corrected chi connectivity index (χ4v) is 2.63. The molecule has 3 unspecified atom stereocenters. The van der Waals surface area contributed by atoms with Crippen molar-refractivity contribution in [1.29, 1.82) is 0 Å². The van der Waals surface area contributed by atoms with Crippen LogP contribution in [0.2, 0.25) is 0 Å². The van der Waals surface area contributed by atoms with Gasteiger partial charge < -0.3 is 15.3 Å². The lowest BCUT2D eigenvalue weighted by atomic mass is 10.1. The molecule has 1 aliphatic heterocycles. The summed E-state index contributed by atoms with van der Waals surface area (Å²) in [4.78, 5) is 22.7. The second-order valence-electron chi connectivity index (χ2n) is 5.39. The minimum absolute atomic E-state index is 0.0110. The van der Waals surface area contributed by atoms with Gasteiger partial charge in [0.2, 0.25) is 11.9 Å². The third kappa shape index (κ3) is 3.66. The zero-order valence-corrected chi connectivity index (χ0v) is 12.0. The molecular weight excluding hydrogens is 256 g/mol. The third-order valence-corrected chi connectivity index (χ3v) is 3.45. The third-order valence-electron chi connectivity index (χ3n) is 3.45. The Bertz CT molecular complexity index is 438. The normalized spacial score (nSPS) is 21.6. The summed E-state index contributed by atoms with van der Waals surface area (Å²) in [6, 6.07) is 1.51. The molecule has 3 atom stereocenters. The molecule has 110 valence electrons. The summed E-state index contributed by atoms with van der Waals surface area (Å²) in [5.41, 5.74) is 0. The van der Waals surface area contributed by atoms with E-state index < -0.39 is 6.10 Å². The molecule has 6 nitrogen and oxygen atoms in total. The number of hydrogen-bond acceptors (Lipinski definition) is 5. The molecule has 1 saturated heterocycles. The molecule has 0 aromatic carbocycles. The Labute approximate surface area is 119 Å². The molecule has 1 fully saturated rings. The standard InChI is InChI=1S/C14H22N4O2/c1-10(9-11(2)19)17-13(20)12-5-3-8-18(12)14-15-6-4-7-16-14/h4,6-7,10-12,19H,3,5,8-9H2,1-2H3,(H,17,20). The Hall–Kier alpha value is -1.69. The van der Waals surface area contributed by atoms with Gasteiger partial charge in [-0.05, 0) is 39.2 Å². The molecule has 0 saturated carbocycles. The Morgan fingerprint density at radius 3 is 2.85 bits per heavy atom. The van der Waals surface area contributed by atoms with Gasteiger partial charge in [-0.3, -0.25) is 4.79 Å². The largest absolute Gasteiger partial charge is 0.393 e. The van der Waals surface area contributed by atoms with Gasteiger partial charge in [-0.15, -0.1) is 0 Å². The molecule has 0 radical (unpaired) electrons. The first kappa shape index (κ1) is 14.7. The SMILES string of the molecule is CC(O)CC(C)NC(=O)C1CCCN1c1ncccn1. The number of carbonyl (C=O) groups is 1. The van der Waals surface area contributed by atoms with Crippen LogP contribution in [0.25, 0.3) is 0 Å². The second-order valence-corrected chi connectivity index (χ2v) is 5.39. The Morgan fingerprint density at radius 1 is 1.50 bits per heavy atom. The number of nitrogens with zero attached hydrogens (tertiary/aromatic N) is 3. The van der Waals surface area contributed by atoms with Crippen molar-refractivity contribution in [2.24, 2.45) is 0 Å². The van der Waals surface area contributed by atoms with Gasteiger partial charge in [0.15, 0.2) is 0 Å². The van der Waals surface area contributed by atoms with Crippen molar-refractivity contribution in [2.45, 2.75) is 51.3 Å². The van der Waals surface area contributed by atoms with Crippen LogP contribution in [0.3, 0.4) is 0 Å². The molecule has 1 aromatic rings. The minimum Gasteiger partial charge on any atom is -0.393 e.